The third kappa shape index (κ3) is 6.85. The molecule has 0 bridgehead atoms. The molecule has 6 rings (SSSR count). The average Bonchev–Trinajstić information content (AvgIpc) is 3.17. The van der Waals surface area contributed by atoms with Crippen molar-refractivity contribution in [2.24, 2.45) is 0 Å². The van der Waals surface area contributed by atoms with Gasteiger partial charge in [-0.2, -0.15) is 0 Å². The van der Waals surface area contributed by atoms with Gasteiger partial charge in [0.1, 0.15) is 5.75 Å². The van der Waals surface area contributed by atoms with Crippen molar-refractivity contribution in [2.75, 3.05) is 26.8 Å². The molecule has 0 saturated carbocycles. The summed E-state index contributed by atoms with van der Waals surface area (Å²) in [6.45, 7) is 2.94. The molecule has 0 radical (unpaired) electrons. The fourth-order valence-electron chi connectivity index (χ4n) is 7.45. The largest absolute Gasteiger partial charge is 0.496 e. The van der Waals surface area contributed by atoms with E-state index in [9.17, 15) is 19.2 Å². The van der Waals surface area contributed by atoms with Gasteiger partial charge in [0.05, 0.1) is 30.6 Å². The highest BCUT2D eigenvalue weighted by molar-refractivity contribution is 5.98. The molecule has 1 heterocycles. The first kappa shape index (κ1) is 34.4. The van der Waals surface area contributed by atoms with Gasteiger partial charge in [0.2, 0.25) is 11.8 Å². The minimum atomic E-state index is -1.15. The highest BCUT2D eigenvalue weighted by atomic mass is 16.5. The SMILES string of the molecule is CCOC(=O)[C@H](NC(=O)[C@@]1(c2ccccc2)CC[C@H](C(=O)N2CCC(NC(=O)c3ccccc3OC)CC2)c2ccccc21)c1ccccc1. The van der Waals surface area contributed by atoms with E-state index in [-0.39, 0.29) is 30.4 Å². The van der Waals surface area contributed by atoms with Crippen molar-refractivity contribution in [1.82, 2.24) is 15.5 Å². The Labute approximate surface area is 293 Å². The second-order valence-electron chi connectivity index (χ2n) is 12.8. The van der Waals surface area contributed by atoms with Crippen LogP contribution < -0.4 is 15.4 Å². The summed E-state index contributed by atoms with van der Waals surface area (Å²) >= 11 is 0. The molecule has 1 saturated heterocycles. The van der Waals surface area contributed by atoms with E-state index < -0.39 is 23.3 Å². The fraction of sp³-hybridized carbons (Fsp3) is 0.317. The van der Waals surface area contributed by atoms with Gasteiger partial charge in [-0.15, -0.1) is 0 Å². The van der Waals surface area contributed by atoms with E-state index in [1.54, 1.807) is 44.4 Å². The Kier molecular flexibility index (Phi) is 10.6. The lowest BCUT2D eigenvalue weighted by atomic mass is 9.62. The highest BCUT2D eigenvalue weighted by Crippen LogP contribution is 2.48. The summed E-state index contributed by atoms with van der Waals surface area (Å²) in [5, 5.41) is 6.18. The maximum Gasteiger partial charge on any atom is 0.333 e. The van der Waals surface area contributed by atoms with Crippen LogP contribution in [-0.4, -0.2) is 61.4 Å². The van der Waals surface area contributed by atoms with E-state index in [0.29, 0.717) is 55.6 Å². The molecule has 0 unspecified atom stereocenters. The Morgan fingerprint density at radius 2 is 1.46 bits per heavy atom. The van der Waals surface area contributed by atoms with Gasteiger partial charge in [-0.3, -0.25) is 14.4 Å². The van der Waals surface area contributed by atoms with Crippen LogP contribution >= 0.6 is 0 Å². The number of methoxy groups -OCH3 is 1. The first-order valence-corrected chi connectivity index (χ1v) is 17.3. The minimum absolute atomic E-state index is 0.0164. The zero-order chi connectivity index (χ0) is 35.1. The summed E-state index contributed by atoms with van der Waals surface area (Å²) in [4.78, 5) is 57.1. The molecule has 1 aliphatic carbocycles. The fourth-order valence-corrected chi connectivity index (χ4v) is 7.45. The number of piperidine rings is 1. The van der Waals surface area contributed by atoms with Crippen LogP contribution in [0.4, 0.5) is 0 Å². The molecule has 2 aliphatic rings. The number of carbonyl (C=O) groups is 4. The van der Waals surface area contributed by atoms with Gasteiger partial charge in [-0.25, -0.2) is 4.79 Å². The van der Waals surface area contributed by atoms with E-state index in [4.69, 9.17) is 9.47 Å². The third-order valence-electron chi connectivity index (χ3n) is 9.98. The molecule has 2 N–H and O–H groups in total. The summed E-state index contributed by atoms with van der Waals surface area (Å²) in [5.74, 6) is -0.953. The van der Waals surface area contributed by atoms with Crippen molar-refractivity contribution >= 4 is 23.7 Å². The van der Waals surface area contributed by atoms with Crippen LogP contribution in [0.5, 0.6) is 5.75 Å². The van der Waals surface area contributed by atoms with Crippen molar-refractivity contribution in [2.45, 2.75) is 56.0 Å². The summed E-state index contributed by atoms with van der Waals surface area (Å²) in [6, 6.07) is 32.4. The number of ether oxygens (including phenoxy) is 2. The van der Waals surface area contributed by atoms with Crippen LogP contribution in [0.25, 0.3) is 0 Å². The van der Waals surface area contributed by atoms with Gasteiger partial charge in [-0.05, 0) is 67.0 Å². The molecule has 3 atom stereocenters. The Balaban J connectivity index is 1.24. The minimum Gasteiger partial charge on any atom is -0.496 e. The highest BCUT2D eigenvalue weighted by Gasteiger charge is 2.50. The lowest BCUT2D eigenvalue weighted by molar-refractivity contribution is -0.148. The summed E-state index contributed by atoms with van der Waals surface area (Å²) in [7, 11) is 1.54. The Bertz CT molecular complexity index is 1820. The monoisotopic (exact) mass is 673 g/mol. The number of likely N-dealkylation sites (tertiary alicyclic amines) is 1. The normalized spacial score (nSPS) is 19.4. The van der Waals surface area contributed by atoms with E-state index in [1.807, 2.05) is 83.8 Å². The molecule has 50 heavy (non-hydrogen) atoms. The molecule has 258 valence electrons. The van der Waals surface area contributed by atoms with Crippen LogP contribution in [0, 0.1) is 0 Å². The van der Waals surface area contributed by atoms with Crippen LogP contribution in [0.15, 0.2) is 109 Å². The van der Waals surface area contributed by atoms with E-state index in [2.05, 4.69) is 10.6 Å². The number of nitrogens with zero attached hydrogens (tertiary/aromatic N) is 1. The molecule has 9 heteroatoms. The Morgan fingerprint density at radius 3 is 2.16 bits per heavy atom. The number of para-hydroxylation sites is 1. The molecule has 4 aromatic rings. The number of esters is 1. The summed E-state index contributed by atoms with van der Waals surface area (Å²) in [6.07, 6.45) is 2.07. The average molecular weight is 674 g/mol. The van der Waals surface area contributed by atoms with Gasteiger partial charge >= 0.3 is 5.97 Å². The molecule has 0 spiro atoms. The Morgan fingerprint density at radius 1 is 0.820 bits per heavy atom. The molecule has 1 fully saturated rings. The molecule has 4 aromatic carbocycles. The number of hydrogen-bond acceptors (Lipinski definition) is 6. The Hall–Kier alpha value is -5.44. The predicted molar refractivity (Wildman–Crippen MR) is 190 cm³/mol. The molecule has 1 aliphatic heterocycles. The van der Waals surface area contributed by atoms with Crippen molar-refractivity contribution in [3.63, 3.8) is 0 Å². The van der Waals surface area contributed by atoms with Gasteiger partial charge in [0.25, 0.3) is 5.91 Å². The quantitative estimate of drug-likeness (QED) is 0.209. The van der Waals surface area contributed by atoms with E-state index in [0.717, 1.165) is 16.7 Å². The lowest BCUT2D eigenvalue weighted by Gasteiger charge is -2.43. The van der Waals surface area contributed by atoms with Gasteiger partial charge < -0.3 is 25.0 Å². The number of nitrogens with one attached hydrogen (secondary N) is 2. The van der Waals surface area contributed by atoms with Crippen LogP contribution in [0.1, 0.15) is 77.2 Å². The zero-order valence-electron chi connectivity index (χ0n) is 28.5. The van der Waals surface area contributed by atoms with Crippen LogP contribution in [0.3, 0.4) is 0 Å². The van der Waals surface area contributed by atoms with Gasteiger partial charge in [-0.1, -0.05) is 97.1 Å². The topological polar surface area (TPSA) is 114 Å². The van der Waals surface area contributed by atoms with E-state index >= 15 is 0 Å². The third-order valence-corrected chi connectivity index (χ3v) is 9.98. The number of amides is 3. The van der Waals surface area contributed by atoms with Gasteiger partial charge in [0, 0.05) is 19.1 Å². The van der Waals surface area contributed by atoms with Gasteiger partial charge in [0.15, 0.2) is 6.04 Å². The summed E-state index contributed by atoms with van der Waals surface area (Å²) < 4.78 is 10.8. The molecular formula is C41H43N3O6. The maximum atomic E-state index is 14.8. The van der Waals surface area contributed by atoms with Crippen molar-refractivity contribution in [1.29, 1.82) is 0 Å². The number of hydrogen-bond donors (Lipinski definition) is 2. The zero-order valence-corrected chi connectivity index (χ0v) is 28.5. The standard InChI is InChI=1S/C41H43N3O6/c1-3-50-39(47)36(28-14-6-4-7-15-28)43-40(48)41(29-16-8-5-9-17-29)25-22-32(31-18-10-12-20-34(31)41)38(46)44-26-23-30(24-27-44)42-37(45)33-19-11-13-21-35(33)49-2/h4-21,30,32,36H,3,22-27H2,1-2H3,(H,42,45)(H,43,48)/t32-,36+,41+/m0/s1. The van der Waals surface area contributed by atoms with Crippen molar-refractivity contribution in [3.05, 3.63) is 137 Å². The first-order valence-electron chi connectivity index (χ1n) is 17.3. The number of rotatable bonds is 10. The van der Waals surface area contributed by atoms with E-state index in [1.165, 1.54) is 0 Å². The lowest BCUT2D eigenvalue weighted by Crippen LogP contribution is -2.52. The summed E-state index contributed by atoms with van der Waals surface area (Å²) in [5.41, 5.74) is 2.31. The number of fused-ring (bicyclic) bond motifs is 1. The molecular weight excluding hydrogens is 630 g/mol. The number of benzene rings is 4. The number of carbonyl (C=O) groups excluding carboxylic acids is 4. The molecule has 0 aromatic heterocycles. The van der Waals surface area contributed by atoms with Crippen LogP contribution in [0.2, 0.25) is 0 Å². The van der Waals surface area contributed by atoms with Crippen molar-refractivity contribution in [3.8, 4) is 5.75 Å². The van der Waals surface area contributed by atoms with Crippen LogP contribution in [-0.2, 0) is 24.5 Å². The first-order chi connectivity index (χ1) is 24.4. The molecule has 9 nitrogen and oxygen atoms in total. The second kappa shape index (κ2) is 15.4. The predicted octanol–water partition coefficient (Wildman–Crippen LogP) is 5.70. The smallest absolute Gasteiger partial charge is 0.333 e. The van der Waals surface area contributed by atoms with Crippen molar-refractivity contribution < 1.29 is 28.7 Å². The second-order valence-corrected chi connectivity index (χ2v) is 12.8. The molecule has 3 amide bonds. The maximum absolute atomic E-state index is 14.8.